The van der Waals surface area contributed by atoms with Crippen molar-refractivity contribution in [2.45, 2.75) is 6.42 Å². The number of sulfonamides is 1. The highest BCUT2D eigenvalue weighted by molar-refractivity contribution is 7.92. The van der Waals surface area contributed by atoms with Gasteiger partial charge in [-0.1, -0.05) is 11.6 Å². The Balaban J connectivity index is 2.80. The minimum Gasteiger partial charge on any atom is -0.352 e. The Bertz CT molecular complexity index is 603. The van der Waals surface area contributed by atoms with Gasteiger partial charge in [-0.05, 0) is 45.3 Å². The van der Waals surface area contributed by atoms with E-state index in [0.29, 0.717) is 11.6 Å². The second-order valence-corrected chi connectivity index (χ2v) is 7.16. The Kier molecular flexibility index (Phi) is 6.44. The standard InChI is InChI=1S/C13H20ClN3O3S/c1-17(2)8-4-7-15-13(18)11-9-10(14)5-6-12(11)16-21(3,19)20/h5-6,9,16H,4,7-8H2,1-3H3,(H,15,18). The molecule has 0 saturated heterocycles. The molecule has 0 heterocycles. The van der Waals surface area contributed by atoms with Crippen molar-refractivity contribution in [1.29, 1.82) is 0 Å². The van der Waals surface area contributed by atoms with Crippen molar-refractivity contribution in [1.82, 2.24) is 10.2 Å². The maximum atomic E-state index is 12.1. The van der Waals surface area contributed by atoms with Gasteiger partial charge in [0, 0.05) is 11.6 Å². The molecule has 0 bridgehead atoms. The van der Waals surface area contributed by atoms with Crippen molar-refractivity contribution in [3.63, 3.8) is 0 Å². The molecule has 1 aromatic rings. The Morgan fingerprint density at radius 2 is 2.00 bits per heavy atom. The maximum Gasteiger partial charge on any atom is 0.253 e. The quantitative estimate of drug-likeness (QED) is 0.739. The van der Waals surface area contributed by atoms with Gasteiger partial charge in [0.05, 0.1) is 17.5 Å². The summed E-state index contributed by atoms with van der Waals surface area (Å²) in [6.45, 7) is 1.35. The van der Waals surface area contributed by atoms with Crippen molar-refractivity contribution < 1.29 is 13.2 Å². The molecule has 0 atom stereocenters. The lowest BCUT2D eigenvalue weighted by atomic mass is 10.1. The lowest BCUT2D eigenvalue weighted by molar-refractivity contribution is 0.0953. The van der Waals surface area contributed by atoms with Gasteiger partial charge >= 0.3 is 0 Å². The Morgan fingerprint density at radius 3 is 2.57 bits per heavy atom. The molecule has 1 rings (SSSR count). The number of nitrogens with one attached hydrogen (secondary N) is 2. The van der Waals surface area contributed by atoms with Crippen LogP contribution in [-0.4, -0.2) is 52.7 Å². The number of hydrogen-bond acceptors (Lipinski definition) is 4. The summed E-state index contributed by atoms with van der Waals surface area (Å²) in [5, 5.41) is 3.12. The summed E-state index contributed by atoms with van der Waals surface area (Å²) in [7, 11) is 0.440. The Labute approximate surface area is 130 Å². The van der Waals surface area contributed by atoms with Crippen molar-refractivity contribution in [2.75, 3.05) is 38.2 Å². The average molecular weight is 334 g/mol. The van der Waals surface area contributed by atoms with Crippen molar-refractivity contribution in [2.24, 2.45) is 0 Å². The zero-order valence-electron chi connectivity index (χ0n) is 12.3. The number of halogens is 1. The van der Waals surface area contributed by atoms with Gasteiger partial charge in [-0.3, -0.25) is 9.52 Å². The van der Waals surface area contributed by atoms with E-state index < -0.39 is 10.0 Å². The van der Waals surface area contributed by atoms with E-state index in [0.717, 1.165) is 19.2 Å². The molecule has 6 nitrogen and oxygen atoms in total. The molecule has 1 amide bonds. The van der Waals surface area contributed by atoms with Crippen LogP contribution in [0.15, 0.2) is 18.2 Å². The van der Waals surface area contributed by atoms with Gasteiger partial charge in [-0.25, -0.2) is 8.42 Å². The molecule has 1 aromatic carbocycles. The third kappa shape index (κ3) is 6.79. The largest absolute Gasteiger partial charge is 0.352 e. The Hall–Kier alpha value is -1.31. The molecule has 118 valence electrons. The van der Waals surface area contributed by atoms with Crippen molar-refractivity contribution in [3.05, 3.63) is 28.8 Å². The fourth-order valence-electron chi connectivity index (χ4n) is 1.69. The fourth-order valence-corrected chi connectivity index (χ4v) is 2.44. The van der Waals surface area contributed by atoms with Gasteiger partial charge in [0.15, 0.2) is 0 Å². The van der Waals surface area contributed by atoms with E-state index in [4.69, 9.17) is 11.6 Å². The molecule has 0 saturated carbocycles. The second-order valence-electron chi connectivity index (χ2n) is 4.98. The summed E-state index contributed by atoms with van der Waals surface area (Å²) in [4.78, 5) is 14.1. The molecule has 0 aliphatic carbocycles. The van der Waals surface area contributed by atoms with Crippen LogP contribution >= 0.6 is 11.6 Å². The lowest BCUT2D eigenvalue weighted by Gasteiger charge is -2.13. The second kappa shape index (κ2) is 7.63. The number of rotatable bonds is 7. The van der Waals surface area contributed by atoms with Crippen molar-refractivity contribution in [3.8, 4) is 0 Å². The molecular formula is C13H20ClN3O3S. The summed E-state index contributed by atoms with van der Waals surface area (Å²) in [6, 6.07) is 4.44. The highest BCUT2D eigenvalue weighted by Gasteiger charge is 2.14. The van der Waals surface area contributed by atoms with E-state index in [-0.39, 0.29) is 17.2 Å². The Morgan fingerprint density at radius 1 is 1.33 bits per heavy atom. The number of nitrogens with zero attached hydrogens (tertiary/aromatic N) is 1. The van der Waals surface area contributed by atoms with Crippen LogP contribution in [0.3, 0.4) is 0 Å². The lowest BCUT2D eigenvalue weighted by Crippen LogP contribution is -2.28. The van der Waals surface area contributed by atoms with Gasteiger partial charge in [0.1, 0.15) is 0 Å². The summed E-state index contributed by atoms with van der Waals surface area (Å²) in [5.74, 6) is -0.359. The molecule has 21 heavy (non-hydrogen) atoms. The first-order valence-corrected chi connectivity index (χ1v) is 8.66. The van der Waals surface area contributed by atoms with Crippen molar-refractivity contribution >= 4 is 33.2 Å². The average Bonchev–Trinajstić information content (AvgIpc) is 2.34. The van der Waals surface area contributed by atoms with E-state index in [2.05, 4.69) is 10.0 Å². The minimum absolute atomic E-state index is 0.206. The van der Waals surface area contributed by atoms with E-state index in [1.165, 1.54) is 18.2 Å². The van der Waals surface area contributed by atoms with E-state index in [9.17, 15) is 13.2 Å². The predicted molar refractivity (Wildman–Crippen MR) is 85.4 cm³/mol. The number of hydrogen-bond donors (Lipinski definition) is 2. The highest BCUT2D eigenvalue weighted by Crippen LogP contribution is 2.21. The maximum absolute atomic E-state index is 12.1. The number of carbonyl (C=O) groups is 1. The molecular weight excluding hydrogens is 314 g/mol. The minimum atomic E-state index is -3.46. The van der Waals surface area contributed by atoms with E-state index in [1.807, 2.05) is 19.0 Å². The summed E-state index contributed by atoms with van der Waals surface area (Å²) in [6.07, 6.45) is 1.83. The van der Waals surface area contributed by atoms with Crippen LogP contribution in [0.2, 0.25) is 5.02 Å². The summed E-state index contributed by atoms with van der Waals surface area (Å²) < 4.78 is 24.9. The fraction of sp³-hybridized carbons (Fsp3) is 0.462. The van der Waals surface area contributed by atoms with Crippen LogP contribution in [0, 0.1) is 0 Å². The third-order valence-corrected chi connectivity index (χ3v) is 3.42. The first-order chi connectivity index (χ1) is 9.69. The first kappa shape index (κ1) is 17.7. The van der Waals surface area contributed by atoms with Crippen LogP contribution in [0.25, 0.3) is 0 Å². The van der Waals surface area contributed by atoms with Crippen LogP contribution < -0.4 is 10.0 Å². The topological polar surface area (TPSA) is 78.5 Å². The number of carbonyl (C=O) groups excluding carboxylic acids is 1. The van der Waals surface area contributed by atoms with Crippen LogP contribution in [0.1, 0.15) is 16.8 Å². The SMILES string of the molecule is CN(C)CCCNC(=O)c1cc(Cl)ccc1NS(C)(=O)=O. The van der Waals surface area contributed by atoms with E-state index in [1.54, 1.807) is 0 Å². The molecule has 0 fully saturated rings. The van der Waals surface area contributed by atoms with Gasteiger partial charge in [0.2, 0.25) is 10.0 Å². The van der Waals surface area contributed by atoms with Gasteiger partial charge < -0.3 is 10.2 Å². The van der Waals surface area contributed by atoms with Crippen LogP contribution in [0.5, 0.6) is 0 Å². The van der Waals surface area contributed by atoms with Crippen LogP contribution in [-0.2, 0) is 10.0 Å². The number of anilines is 1. The molecule has 2 N–H and O–H groups in total. The molecule has 0 aliphatic rings. The van der Waals surface area contributed by atoms with Gasteiger partial charge in [-0.15, -0.1) is 0 Å². The molecule has 0 spiro atoms. The molecule has 0 unspecified atom stereocenters. The third-order valence-electron chi connectivity index (χ3n) is 2.59. The van der Waals surface area contributed by atoms with E-state index >= 15 is 0 Å². The number of amides is 1. The van der Waals surface area contributed by atoms with Gasteiger partial charge in [-0.2, -0.15) is 0 Å². The van der Waals surface area contributed by atoms with Crippen LogP contribution in [0.4, 0.5) is 5.69 Å². The smallest absolute Gasteiger partial charge is 0.253 e. The number of benzene rings is 1. The summed E-state index contributed by atoms with van der Waals surface area (Å²) >= 11 is 5.87. The zero-order chi connectivity index (χ0) is 16.0. The molecule has 0 aliphatic heterocycles. The normalized spacial score (nSPS) is 11.5. The highest BCUT2D eigenvalue weighted by atomic mass is 35.5. The monoisotopic (exact) mass is 333 g/mol. The molecule has 0 radical (unpaired) electrons. The first-order valence-electron chi connectivity index (χ1n) is 6.39. The predicted octanol–water partition coefficient (Wildman–Crippen LogP) is 1.39. The molecule has 0 aromatic heterocycles. The molecule has 8 heteroatoms. The van der Waals surface area contributed by atoms with Gasteiger partial charge in [0.25, 0.3) is 5.91 Å². The summed E-state index contributed by atoms with van der Waals surface area (Å²) in [5.41, 5.74) is 0.421. The zero-order valence-corrected chi connectivity index (χ0v) is 13.9.